The predicted octanol–water partition coefficient (Wildman–Crippen LogP) is 4.24. The van der Waals surface area contributed by atoms with E-state index in [1.165, 1.54) is 12.1 Å². The van der Waals surface area contributed by atoms with Crippen LogP contribution < -0.4 is 10.1 Å². The summed E-state index contributed by atoms with van der Waals surface area (Å²) < 4.78 is 19.0. The van der Waals surface area contributed by atoms with Crippen LogP contribution in [0, 0.1) is 19.7 Å². The lowest BCUT2D eigenvalue weighted by molar-refractivity contribution is -0.122. The molecule has 1 atom stereocenters. The first-order valence-corrected chi connectivity index (χ1v) is 7.30. The van der Waals surface area contributed by atoms with E-state index < -0.39 is 6.10 Å². The van der Waals surface area contributed by atoms with Gasteiger partial charge in [0.25, 0.3) is 5.91 Å². The molecule has 3 nitrogen and oxygen atoms in total. The predicted molar refractivity (Wildman–Crippen MR) is 85.7 cm³/mol. The summed E-state index contributed by atoms with van der Waals surface area (Å²) in [5.74, 6) is 0.0246. The molecule has 0 saturated heterocycles. The highest BCUT2D eigenvalue weighted by Crippen LogP contribution is 2.23. The van der Waals surface area contributed by atoms with Gasteiger partial charge in [-0.2, -0.15) is 0 Å². The lowest BCUT2D eigenvalue weighted by Gasteiger charge is -2.19. The van der Waals surface area contributed by atoms with Gasteiger partial charge in [-0.15, -0.1) is 0 Å². The van der Waals surface area contributed by atoms with Gasteiger partial charge in [-0.05, 0) is 55.7 Å². The Balaban J connectivity index is 2.10. The minimum atomic E-state index is -0.622. The van der Waals surface area contributed by atoms with E-state index in [2.05, 4.69) is 5.32 Å². The Kier molecular flexibility index (Phi) is 5.15. The summed E-state index contributed by atoms with van der Waals surface area (Å²) in [7, 11) is 0. The fraction of sp³-hybridized carbons (Fsp3) is 0.278. The zero-order valence-electron chi connectivity index (χ0n) is 13.0. The molecular formula is C18H20FNO2. The number of nitrogens with one attached hydrogen (secondary N) is 1. The summed E-state index contributed by atoms with van der Waals surface area (Å²) in [6.07, 6.45) is -0.0992. The third kappa shape index (κ3) is 3.85. The van der Waals surface area contributed by atoms with Gasteiger partial charge in [0.05, 0.1) is 0 Å². The molecule has 0 aliphatic heterocycles. The topological polar surface area (TPSA) is 38.3 Å². The Morgan fingerprint density at radius 3 is 2.64 bits per heavy atom. The van der Waals surface area contributed by atoms with E-state index in [1.807, 2.05) is 39.0 Å². The number of hydrogen-bond acceptors (Lipinski definition) is 2. The van der Waals surface area contributed by atoms with Gasteiger partial charge >= 0.3 is 0 Å². The van der Waals surface area contributed by atoms with E-state index >= 15 is 0 Å². The molecule has 0 radical (unpaired) electrons. The standard InChI is InChI=1S/C18H20FNO2/c1-4-16(22-17-10-5-7-12(2)13(17)3)18(21)20-15-9-6-8-14(19)11-15/h5-11,16H,4H2,1-3H3,(H,20,21)/t16-/m0/s1. The molecule has 1 amide bonds. The molecule has 1 N–H and O–H groups in total. The fourth-order valence-electron chi connectivity index (χ4n) is 2.12. The zero-order chi connectivity index (χ0) is 16.1. The van der Waals surface area contributed by atoms with Crippen molar-refractivity contribution >= 4 is 11.6 Å². The molecular weight excluding hydrogens is 281 g/mol. The molecule has 0 aliphatic rings. The minimum absolute atomic E-state index is 0.283. The summed E-state index contributed by atoms with van der Waals surface area (Å²) in [5.41, 5.74) is 2.55. The summed E-state index contributed by atoms with van der Waals surface area (Å²) in [4.78, 5) is 12.3. The molecule has 0 bridgehead atoms. The lowest BCUT2D eigenvalue weighted by atomic mass is 10.1. The van der Waals surface area contributed by atoms with E-state index in [-0.39, 0.29) is 11.7 Å². The van der Waals surface area contributed by atoms with Crippen molar-refractivity contribution in [2.75, 3.05) is 5.32 Å². The van der Waals surface area contributed by atoms with E-state index in [4.69, 9.17) is 4.74 Å². The molecule has 0 saturated carbocycles. The molecule has 0 unspecified atom stereocenters. The van der Waals surface area contributed by atoms with Crippen LogP contribution in [0.1, 0.15) is 24.5 Å². The van der Waals surface area contributed by atoms with Crippen molar-refractivity contribution in [2.45, 2.75) is 33.3 Å². The molecule has 2 aromatic carbocycles. The molecule has 0 aliphatic carbocycles. The second kappa shape index (κ2) is 7.07. The number of benzene rings is 2. The van der Waals surface area contributed by atoms with Crippen molar-refractivity contribution < 1.29 is 13.9 Å². The maximum absolute atomic E-state index is 13.2. The van der Waals surface area contributed by atoms with Gasteiger partial charge in [-0.1, -0.05) is 25.1 Å². The molecule has 0 aromatic heterocycles. The van der Waals surface area contributed by atoms with Gasteiger partial charge in [0.1, 0.15) is 11.6 Å². The summed E-state index contributed by atoms with van der Waals surface area (Å²) in [6, 6.07) is 11.6. The molecule has 2 aromatic rings. The van der Waals surface area contributed by atoms with Crippen LogP contribution in [0.2, 0.25) is 0 Å². The molecule has 22 heavy (non-hydrogen) atoms. The monoisotopic (exact) mass is 301 g/mol. The Hall–Kier alpha value is -2.36. The Bertz CT molecular complexity index is 670. The molecule has 0 fully saturated rings. The van der Waals surface area contributed by atoms with Crippen LogP contribution >= 0.6 is 0 Å². The van der Waals surface area contributed by atoms with Gasteiger partial charge < -0.3 is 10.1 Å². The van der Waals surface area contributed by atoms with Crippen LogP contribution in [0.5, 0.6) is 5.75 Å². The number of halogens is 1. The summed E-state index contributed by atoms with van der Waals surface area (Å²) in [5, 5.41) is 2.68. The number of carbonyl (C=O) groups excluding carboxylic acids is 1. The number of amides is 1. The average Bonchev–Trinajstić information content (AvgIpc) is 2.48. The Labute approximate surface area is 130 Å². The van der Waals surface area contributed by atoms with E-state index in [9.17, 15) is 9.18 Å². The van der Waals surface area contributed by atoms with Crippen molar-refractivity contribution in [2.24, 2.45) is 0 Å². The first-order chi connectivity index (χ1) is 10.5. The van der Waals surface area contributed by atoms with Crippen molar-refractivity contribution in [1.29, 1.82) is 0 Å². The van der Waals surface area contributed by atoms with Crippen LogP contribution in [0.4, 0.5) is 10.1 Å². The number of carbonyl (C=O) groups is 1. The number of hydrogen-bond donors (Lipinski definition) is 1. The van der Waals surface area contributed by atoms with E-state index in [0.717, 1.165) is 11.1 Å². The van der Waals surface area contributed by atoms with E-state index in [0.29, 0.717) is 17.9 Å². The van der Waals surface area contributed by atoms with Crippen LogP contribution in [0.15, 0.2) is 42.5 Å². The third-order valence-corrected chi connectivity index (χ3v) is 3.58. The molecule has 116 valence electrons. The normalized spacial score (nSPS) is 11.8. The van der Waals surface area contributed by atoms with E-state index in [1.54, 1.807) is 12.1 Å². The smallest absolute Gasteiger partial charge is 0.265 e. The van der Waals surface area contributed by atoms with Crippen LogP contribution in [0.25, 0.3) is 0 Å². The maximum Gasteiger partial charge on any atom is 0.265 e. The van der Waals surface area contributed by atoms with Gasteiger partial charge in [0, 0.05) is 5.69 Å². The highest BCUT2D eigenvalue weighted by molar-refractivity contribution is 5.94. The van der Waals surface area contributed by atoms with Gasteiger partial charge in [0.15, 0.2) is 6.10 Å². The maximum atomic E-state index is 13.2. The lowest BCUT2D eigenvalue weighted by Crippen LogP contribution is -2.32. The van der Waals surface area contributed by atoms with Crippen LogP contribution in [0.3, 0.4) is 0 Å². The largest absolute Gasteiger partial charge is 0.480 e. The first-order valence-electron chi connectivity index (χ1n) is 7.30. The van der Waals surface area contributed by atoms with Crippen molar-refractivity contribution in [1.82, 2.24) is 0 Å². The quantitative estimate of drug-likeness (QED) is 0.897. The first kappa shape index (κ1) is 16.0. The SMILES string of the molecule is CC[C@H](Oc1cccc(C)c1C)C(=O)Nc1cccc(F)c1. The average molecular weight is 301 g/mol. The number of anilines is 1. The Morgan fingerprint density at radius 1 is 1.23 bits per heavy atom. The molecule has 0 spiro atoms. The molecule has 4 heteroatoms. The second-order valence-corrected chi connectivity index (χ2v) is 5.21. The fourth-order valence-corrected chi connectivity index (χ4v) is 2.12. The number of aryl methyl sites for hydroxylation is 1. The minimum Gasteiger partial charge on any atom is -0.480 e. The second-order valence-electron chi connectivity index (χ2n) is 5.21. The third-order valence-electron chi connectivity index (χ3n) is 3.58. The van der Waals surface area contributed by atoms with Crippen molar-refractivity contribution in [3.63, 3.8) is 0 Å². The van der Waals surface area contributed by atoms with Crippen LogP contribution in [-0.2, 0) is 4.79 Å². The Morgan fingerprint density at radius 2 is 1.95 bits per heavy atom. The number of rotatable bonds is 5. The molecule has 2 rings (SSSR count). The van der Waals surface area contributed by atoms with Gasteiger partial charge in [0.2, 0.25) is 0 Å². The number of ether oxygens (including phenoxy) is 1. The van der Waals surface area contributed by atoms with Gasteiger partial charge in [-0.25, -0.2) is 4.39 Å². The summed E-state index contributed by atoms with van der Waals surface area (Å²) in [6.45, 7) is 5.83. The van der Waals surface area contributed by atoms with Crippen molar-refractivity contribution in [3.8, 4) is 5.75 Å². The molecule has 0 heterocycles. The summed E-state index contributed by atoms with van der Waals surface area (Å²) >= 11 is 0. The highest BCUT2D eigenvalue weighted by atomic mass is 19.1. The van der Waals surface area contributed by atoms with Crippen molar-refractivity contribution in [3.05, 3.63) is 59.4 Å². The highest BCUT2D eigenvalue weighted by Gasteiger charge is 2.19. The van der Waals surface area contributed by atoms with Gasteiger partial charge in [-0.3, -0.25) is 4.79 Å². The van der Waals surface area contributed by atoms with Crippen LogP contribution in [-0.4, -0.2) is 12.0 Å². The zero-order valence-corrected chi connectivity index (χ0v) is 13.0.